The molecule has 4 aromatic rings. The maximum atomic E-state index is 12.9. The van der Waals surface area contributed by atoms with Gasteiger partial charge in [-0.25, -0.2) is 4.39 Å². The normalized spacial score (nSPS) is 10.5. The third-order valence-corrected chi connectivity index (χ3v) is 4.78. The standard InChI is InChI=1S/C24H20FN5O5/c1-33-19-11-16-17(12-20(19)34-2)26-10-9-18(16)35-24-8-7-21(29-30-24)28-23(32)13-22(31)27-15-5-3-14(25)4-6-15/h3-12H,13H2,1-2H3,(H,27,31)(H,28,29,32). The average Bonchev–Trinajstić information content (AvgIpc) is 2.85. The van der Waals surface area contributed by atoms with Crippen molar-refractivity contribution in [1.29, 1.82) is 0 Å². The highest BCUT2D eigenvalue weighted by molar-refractivity contribution is 6.07. The molecule has 2 aromatic heterocycles. The summed E-state index contributed by atoms with van der Waals surface area (Å²) in [6.07, 6.45) is 1.13. The number of carbonyl (C=O) groups is 2. The number of nitrogens with zero attached hydrogens (tertiary/aromatic N) is 3. The van der Waals surface area contributed by atoms with E-state index in [1.807, 2.05) is 0 Å². The maximum Gasteiger partial charge on any atom is 0.239 e. The van der Waals surface area contributed by atoms with Crippen LogP contribution in [-0.4, -0.2) is 41.2 Å². The summed E-state index contributed by atoms with van der Waals surface area (Å²) in [5, 5.41) is 13.6. The summed E-state index contributed by atoms with van der Waals surface area (Å²) in [5.74, 6) is 0.277. The fourth-order valence-corrected chi connectivity index (χ4v) is 3.16. The number of amides is 2. The summed E-state index contributed by atoms with van der Waals surface area (Å²) in [6.45, 7) is 0. The minimum absolute atomic E-state index is 0.142. The largest absolute Gasteiger partial charge is 0.493 e. The van der Waals surface area contributed by atoms with Gasteiger partial charge in [-0.1, -0.05) is 0 Å². The Morgan fingerprint density at radius 1 is 0.857 bits per heavy atom. The van der Waals surface area contributed by atoms with Gasteiger partial charge in [0.1, 0.15) is 18.0 Å². The molecule has 0 saturated carbocycles. The van der Waals surface area contributed by atoms with E-state index in [0.29, 0.717) is 33.8 Å². The van der Waals surface area contributed by atoms with Crippen LogP contribution in [0.2, 0.25) is 0 Å². The molecule has 4 rings (SSSR count). The van der Waals surface area contributed by atoms with Crippen molar-refractivity contribution < 1.29 is 28.2 Å². The molecule has 0 radical (unpaired) electrons. The lowest BCUT2D eigenvalue weighted by Gasteiger charge is -2.12. The van der Waals surface area contributed by atoms with Crippen LogP contribution in [0.5, 0.6) is 23.1 Å². The number of ether oxygens (including phenoxy) is 3. The molecule has 0 unspecified atom stereocenters. The maximum absolute atomic E-state index is 12.9. The molecule has 0 fully saturated rings. The van der Waals surface area contributed by atoms with Crippen LogP contribution in [-0.2, 0) is 9.59 Å². The van der Waals surface area contributed by atoms with Crippen LogP contribution in [0.1, 0.15) is 6.42 Å². The molecular formula is C24H20FN5O5. The number of pyridine rings is 1. The first kappa shape index (κ1) is 23.4. The summed E-state index contributed by atoms with van der Waals surface area (Å²) in [7, 11) is 3.07. The van der Waals surface area contributed by atoms with E-state index >= 15 is 0 Å². The van der Waals surface area contributed by atoms with Crippen molar-refractivity contribution in [2.75, 3.05) is 24.9 Å². The molecule has 10 nitrogen and oxygen atoms in total. The number of halogens is 1. The Morgan fingerprint density at radius 2 is 1.57 bits per heavy atom. The number of rotatable bonds is 8. The second-order valence-corrected chi connectivity index (χ2v) is 7.17. The number of benzene rings is 2. The smallest absolute Gasteiger partial charge is 0.239 e. The van der Waals surface area contributed by atoms with Crippen LogP contribution in [0.15, 0.2) is 60.8 Å². The fraction of sp³-hybridized carbons (Fsp3) is 0.125. The van der Waals surface area contributed by atoms with Crippen molar-refractivity contribution >= 4 is 34.2 Å². The van der Waals surface area contributed by atoms with Crippen molar-refractivity contribution in [3.63, 3.8) is 0 Å². The average molecular weight is 477 g/mol. The lowest BCUT2D eigenvalue weighted by atomic mass is 10.2. The molecule has 178 valence electrons. The van der Waals surface area contributed by atoms with Gasteiger partial charge in [0.2, 0.25) is 17.7 Å². The summed E-state index contributed by atoms with van der Waals surface area (Å²) >= 11 is 0. The van der Waals surface area contributed by atoms with Crippen LogP contribution in [0.4, 0.5) is 15.9 Å². The van der Waals surface area contributed by atoms with Gasteiger partial charge in [-0.05, 0) is 42.5 Å². The Balaban J connectivity index is 1.39. The van der Waals surface area contributed by atoms with E-state index in [4.69, 9.17) is 14.2 Å². The quantitative estimate of drug-likeness (QED) is 0.366. The topological polar surface area (TPSA) is 125 Å². The van der Waals surface area contributed by atoms with Gasteiger partial charge >= 0.3 is 0 Å². The molecule has 0 atom stereocenters. The Morgan fingerprint density at radius 3 is 2.26 bits per heavy atom. The van der Waals surface area contributed by atoms with Crippen molar-refractivity contribution in [3.05, 3.63) is 66.6 Å². The summed E-state index contributed by atoms with van der Waals surface area (Å²) in [4.78, 5) is 28.5. The Bertz CT molecular complexity index is 1360. The second kappa shape index (κ2) is 10.4. The fourth-order valence-electron chi connectivity index (χ4n) is 3.16. The van der Waals surface area contributed by atoms with Crippen LogP contribution in [0.3, 0.4) is 0 Å². The van der Waals surface area contributed by atoms with Crippen molar-refractivity contribution in [2.24, 2.45) is 0 Å². The van der Waals surface area contributed by atoms with Crippen LogP contribution in [0, 0.1) is 5.82 Å². The number of hydrogen-bond acceptors (Lipinski definition) is 8. The lowest BCUT2D eigenvalue weighted by molar-refractivity contribution is -0.123. The third-order valence-electron chi connectivity index (χ3n) is 4.78. The molecule has 0 saturated heterocycles. The van der Waals surface area contributed by atoms with Crippen molar-refractivity contribution in [2.45, 2.75) is 6.42 Å². The van der Waals surface area contributed by atoms with Gasteiger partial charge in [-0.3, -0.25) is 14.6 Å². The van der Waals surface area contributed by atoms with Gasteiger partial charge in [0.25, 0.3) is 0 Å². The molecule has 0 bridgehead atoms. The lowest BCUT2D eigenvalue weighted by Crippen LogP contribution is -2.22. The van der Waals surface area contributed by atoms with Gasteiger partial charge < -0.3 is 24.8 Å². The van der Waals surface area contributed by atoms with Crippen molar-refractivity contribution in [1.82, 2.24) is 15.2 Å². The van der Waals surface area contributed by atoms with Crippen molar-refractivity contribution in [3.8, 4) is 23.1 Å². The highest BCUT2D eigenvalue weighted by Gasteiger charge is 2.13. The molecular weight excluding hydrogens is 457 g/mol. The Kier molecular flexibility index (Phi) is 6.96. The highest BCUT2D eigenvalue weighted by atomic mass is 19.1. The molecule has 2 heterocycles. The predicted octanol–water partition coefficient (Wildman–Crippen LogP) is 3.94. The first-order valence-corrected chi connectivity index (χ1v) is 10.3. The van der Waals surface area contributed by atoms with Gasteiger partial charge in [0, 0.05) is 29.4 Å². The first-order chi connectivity index (χ1) is 16.9. The van der Waals surface area contributed by atoms with E-state index in [1.54, 1.807) is 24.4 Å². The number of carbonyl (C=O) groups excluding carboxylic acids is 2. The zero-order chi connectivity index (χ0) is 24.8. The number of anilines is 2. The Labute approximate surface area is 199 Å². The molecule has 35 heavy (non-hydrogen) atoms. The van der Waals surface area contributed by atoms with E-state index in [9.17, 15) is 14.0 Å². The molecule has 11 heteroatoms. The van der Waals surface area contributed by atoms with E-state index in [0.717, 1.165) is 0 Å². The number of fused-ring (bicyclic) bond motifs is 1. The zero-order valence-corrected chi connectivity index (χ0v) is 18.7. The van der Waals surface area contributed by atoms with Gasteiger partial charge in [-0.2, -0.15) is 0 Å². The number of nitrogens with one attached hydrogen (secondary N) is 2. The van der Waals surface area contributed by atoms with E-state index < -0.39 is 24.1 Å². The molecule has 0 spiro atoms. The molecule has 2 N–H and O–H groups in total. The van der Waals surface area contributed by atoms with Gasteiger partial charge in [0.05, 0.1) is 19.7 Å². The van der Waals surface area contributed by atoms with Crippen LogP contribution in [0.25, 0.3) is 10.9 Å². The predicted molar refractivity (Wildman–Crippen MR) is 125 cm³/mol. The van der Waals surface area contributed by atoms with Crippen LogP contribution < -0.4 is 24.8 Å². The molecule has 0 aliphatic carbocycles. The summed E-state index contributed by atoms with van der Waals surface area (Å²) < 4.78 is 29.4. The van der Waals surface area contributed by atoms with E-state index in [2.05, 4.69) is 25.8 Å². The third kappa shape index (κ3) is 5.77. The number of methoxy groups -OCH3 is 2. The van der Waals surface area contributed by atoms with E-state index in [-0.39, 0.29) is 11.7 Å². The zero-order valence-electron chi connectivity index (χ0n) is 18.7. The summed E-state index contributed by atoms with van der Waals surface area (Å²) in [5.41, 5.74) is 1.01. The monoisotopic (exact) mass is 477 g/mol. The number of aromatic nitrogens is 3. The SMILES string of the molecule is COc1cc2nccc(Oc3ccc(NC(=O)CC(=O)Nc4ccc(F)cc4)nn3)c2cc1OC. The minimum atomic E-state index is -0.589. The molecule has 0 aliphatic rings. The highest BCUT2D eigenvalue weighted by Crippen LogP contribution is 2.36. The minimum Gasteiger partial charge on any atom is -0.493 e. The second-order valence-electron chi connectivity index (χ2n) is 7.17. The number of hydrogen-bond donors (Lipinski definition) is 2. The first-order valence-electron chi connectivity index (χ1n) is 10.3. The summed E-state index contributed by atoms with van der Waals surface area (Å²) in [6, 6.07) is 13.4. The van der Waals surface area contributed by atoms with E-state index in [1.165, 1.54) is 50.6 Å². The molecule has 2 amide bonds. The molecule has 0 aliphatic heterocycles. The Hall–Kier alpha value is -4.80. The van der Waals surface area contributed by atoms with Crippen LogP contribution >= 0.6 is 0 Å². The van der Waals surface area contributed by atoms with Gasteiger partial charge in [0.15, 0.2) is 17.3 Å². The van der Waals surface area contributed by atoms with Gasteiger partial charge in [-0.15, -0.1) is 10.2 Å². The molecule has 2 aromatic carbocycles.